The van der Waals surface area contributed by atoms with Gasteiger partial charge in [-0.25, -0.2) is 0 Å². The Morgan fingerprint density at radius 3 is 2.42 bits per heavy atom. The molecule has 1 aliphatic rings. The van der Waals surface area contributed by atoms with Crippen LogP contribution >= 0.6 is 0 Å². The second-order valence-corrected chi connectivity index (χ2v) is 6.28. The Bertz CT molecular complexity index is 640. The van der Waals surface area contributed by atoms with Crippen molar-refractivity contribution >= 4 is 17.7 Å². The van der Waals surface area contributed by atoms with Gasteiger partial charge in [0, 0.05) is 52.3 Å². The van der Waals surface area contributed by atoms with Crippen LogP contribution in [-0.2, 0) is 27.9 Å². The van der Waals surface area contributed by atoms with Gasteiger partial charge in [-0.1, -0.05) is 0 Å². The lowest BCUT2D eigenvalue weighted by Gasteiger charge is -2.22. The molecule has 2 rings (SSSR count). The van der Waals surface area contributed by atoms with E-state index in [2.05, 4.69) is 5.10 Å². The third kappa shape index (κ3) is 4.12. The molecule has 2 N–H and O–H groups in total. The topological polar surface area (TPSA) is 102 Å². The summed E-state index contributed by atoms with van der Waals surface area (Å²) in [6, 6.07) is 0. The van der Waals surface area contributed by atoms with E-state index in [1.165, 1.54) is 6.92 Å². The Labute approximate surface area is 141 Å². The lowest BCUT2D eigenvalue weighted by atomic mass is 10.1. The molecule has 1 aromatic heterocycles. The van der Waals surface area contributed by atoms with E-state index in [9.17, 15) is 14.4 Å². The molecule has 2 heterocycles. The van der Waals surface area contributed by atoms with Crippen molar-refractivity contribution in [3.8, 4) is 0 Å². The number of hydrogen-bond acceptors (Lipinski definition) is 4. The second kappa shape index (κ2) is 7.46. The molecule has 0 aliphatic carbocycles. The van der Waals surface area contributed by atoms with Gasteiger partial charge in [-0.2, -0.15) is 5.10 Å². The average molecular weight is 335 g/mol. The van der Waals surface area contributed by atoms with Crippen LogP contribution in [0.1, 0.15) is 24.6 Å². The first-order valence-electron chi connectivity index (χ1n) is 8.09. The molecular formula is C16H25N5O3. The highest BCUT2D eigenvalue weighted by Crippen LogP contribution is 2.14. The van der Waals surface area contributed by atoms with Crippen molar-refractivity contribution in [3.63, 3.8) is 0 Å². The summed E-state index contributed by atoms with van der Waals surface area (Å²) in [6.07, 6.45) is 2.72. The number of amides is 3. The number of carbonyl (C=O) groups excluding carboxylic acids is 3. The summed E-state index contributed by atoms with van der Waals surface area (Å²) in [4.78, 5) is 39.0. The first kappa shape index (κ1) is 18.0. The van der Waals surface area contributed by atoms with E-state index >= 15 is 0 Å². The summed E-state index contributed by atoms with van der Waals surface area (Å²) in [6.45, 7) is 4.82. The highest BCUT2D eigenvalue weighted by molar-refractivity contribution is 5.81. The molecule has 1 aromatic rings. The van der Waals surface area contributed by atoms with Crippen molar-refractivity contribution < 1.29 is 14.4 Å². The van der Waals surface area contributed by atoms with Gasteiger partial charge in [0.1, 0.15) is 0 Å². The largest absolute Gasteiger partial charge is 0.369 e. The third-order valence-corrected chi connectivity index (χ3v) is 4.67. The van der Waals surface area contributed by atoms with Gasteiger partial charge in [-0.05, 0) is 18.9 Å². The van der Waals surface area contributed by atoms with Gasteiger partial charge in [0.05, 0.1) is 12.1 Å². The summed E-state index contributed by atoms with van der Waals surface area (Å²) in [5.41, 5.74) is 7.50. The summed E-state index contributed by atoms with van der Waals surface area (Å²) < 4.78 is 1.78. The summed E-state index contributed by atoms with van der Waals surface area (Å²) in [7, 11) is 1.86. The molecule has 0 unspecified atom stereocenters. The Kier molecular flexibility index (Phi) is 5.58. The maximum atomic E-state index is 12.5. The monoisotopic (exact) mass is 335 g/mol. The highest BCUT2D eigenvalue weighted by Gasteiger charge is 2.29. The van der Waals surface area contributed by atoms with Crippen molar-refractivity contribution in [1.29, 1.82) is 0 Å². The van der Waals surface area contributed by atoms with Crippen LogP contribution in [0, 0.1) is 12.8 Å². The number of rotatable bonds is 4. The van der Waals surface area contributed by atoms with Crippen LogP contribution in [0.4, 0.5) is 0 Å². The van der Waals surface area contributed by atoms with Gasteiger partial charge >= 0.3 is 0 Å². The lowest BCUT2D eigenvalue weighted by Crippen LogP contribution is -2.40. The molecule has 24 heavy (non-hydrogen) atoms. The minimum atomic E-state index is -0.527. The number of nitrogens with two attached hydrogens (primary N) is 1. The molecule has 1 fully saturated rings. The van der Waals surface area contributed by atoms with Crippen molar-refractivity contribution in [3.05, 3.63) is 17.5 Å². The Morgan fingerprint density at radius 2 is 1.88 bits per heavy atom. The van der Waals surface area contributed by atoms with Crippen LogP contribution in [0.3, 0.4) is 0 Å². The molecule has 1 atom stereocenters. The predicted molar refractivity (Wildman–Crippen MR) is 87.8 cm³/mol. The van der Waals surface area contributed by atoms with Gasteiger partial charge in [0.15, 0.2) is 0 Å². The van der Waals surface area contributed by atoms with Crippen molar-refractivity contribution in [2.75, 3.05) is 26.2 Å². The summed E-state index contributed by atoms with van der Waals surface area (Å²) in [5, 5.41) is 4.17. The number of aromatic nitrogens is 2. The molecule has 1 saturated heterocycles. The number of primary amides is 1. The number of hydrogen-bond donors (Lipinski definition) is 1. The van der Waals surface area contributed by atoms with Gasteiger partial charge in [-0.3, -0.25) is 19.1 Å². The van der Waals surface area contributed by atoms with Crippen molar-refractivity contribution in [1.82, 2.24) is 19.6 Å². The van der Waals surface area contributed by atoms with Gasteiger partial charge in [0.2, 0.25) is 17.7 Å². The van der Waals surface area contributed by atoms with Gasteiger partial charge in [-0.15, -0.1) is 0 Å². The predicted octanol–water partition coefficient (Wildman–Crippen LogP) is -0.547. The average Bonchev–Trinajstić information content (AvgIpc) is 2.75. The number of nitrogens with zero attached hydrogens (tertiary/aromatic N) is 4. The number of aryl methyl sites for hydroxylation is 2. The maximum absolute atomic E-state index is 12.5. The molecular weight excluding hydrogens is 310 g/mol. The zero-order valence-corrected chi connectivity index (χ0v) is 14.5. The third-order valence-electron chi connectivity index (χ3n) is 4.67. The van der Waals surface area contributed by atoms with Crippen molar-refractivity contribution in [2.24, 2.45) is 18.7 Å². The van der Waals surface area contributed by atoms with E-state index in [0.717, 1.165) is 11.3 Å². The van der Waals surface area contributed by atoms with E-state index in [-0.39, 0.29) is 24.9 Å². The van der Waals surface area contributed by atoms with Crippen LogP contribution in [0.2, 0.25) is 0 Å². The fourth-order valence-electron chi connectivity index (χ4n) is 2.90. The first-order valence-corrected chi connectivity index (χ1v) is 8.09. The zero-order valence-electron chi connectivity index (χ0n) is 14.5. The zero-order chi connectivity index (χ0) is 17.9. The molecule has 1 aliphatic heterocycles. The van der Waals surface area contributed by atoms with Crippen LogP contribution in [0.15, 0.2) is 6.20 Å². The summed E-state index contributed by atoms with van der Waals surface area (Å²) >= 11 is 0. The van der Waals surface area contributed by atoms with E-state index in [1.807, 2.05) is 14.0 Å². The quantitative estimate of drug-likeness (QED) is 0.798. The summed E-state index contributed by atoms with van der Waals surface area (Å²) in [5.74, 6) is -1.15. The van der Waals surface area contributed by atoms with Crippen LogP contribution in [0.5, 0.6) is 0 Å². The van der Waals surface area contributed by atoms with Gasteiger partial charge < -0.3 is 15.5 Å². The fourth-order valence-corrected chi connectivity index (χ4v) is 2.90. The fraction of sp³-hybridized carbons (Fsp3) is 0.625. The van der Waals surface area contributed by atoms with Crippen LogP contribution < -0.4 is 5.73 Å². The smallest absolute Gasteiger partial charge is 0.224 e. The first-order chi connectivity index (χ1) is 11.3. The van der Waals surface area contributed by atoms with Crippen molar-refractivity contribution in [2.45, 2.75) is 26.7 Å². The van der Waals surface area contributed by atoms with Crippen LogP contribution in [0.25, 0.3) is 0 Å². The molecule has 0 spiro atoms. The second-order valence-electron chi connectivity index (χ2n) is 6.28. The van der Waals surface area contributed by atoms with Gasteiger partial charge in [0.25, 0.3) is 0 Å². The molecule has 8 heteroatoms. The Morgan fingerprint density at radius 1 is 1.25 bits per heavy atom. The van der Waals surface area contributed by atoms with E-state index in [1.54, 1.807) is 20.7 Å². The normalized spacial score (nSPS) is 18.4. The lowest BCUT2D eigenvalue weighted by molar-refractivity contribution is -0.132. The molecule has 3 amide bonds. The van der Waals surface area contributed by atoms with E-state index in [0.29, 0.717) is 25.9 Å². The molecule has 132 valence electrons. The van der Waals surface area contributed by atoms with E-state index in [4.69, 9.17) is 5.73 Å². The number of carbonyl (C=O) groups is 3. The minimum absolute atomic E-state index is 0.0325. The molecule has 0 radical (unpaired) electrons. The molecule has 8 nitrogen and oxygen atoms in total. The van der Waals surface area contributed by atoms with Crippen LogP contribution in [-0.4, -0.2) is 63.5 Å². The minimum Gasteiger partial charge on any atom is -0.369 e. The molecule has 0 bridgehead atoms. The standard InChI is InChI=1S/C16H25N5O3/c1-11-13(8-18-19(11)3)4-5-15(23)21-7-6-20(12(2)22)9-14(10-21)16(17)24/h8,14H,4-7,9-10H2,1-3H3,(H2,17,24)/t14-/m1/s1. The SMILES string of the molecule is CC(=O)N1CCN(C(=O)CCc2cnn(C)c2C)C[C@H](C(N)=O)C1. The molecule has 0 saturated carbocycles. The maximum Gasteiger partial charge on any atom is 0.224 e. The Balaban J connectivity index is 2.01. The molecule has 0 aromatic carbocycles. The highest BCUT2D eigenvalue weighted by atomic mass is 16.2. The Hall–Kier alpha value is -2.38. The van der Waals surface area contributed by atoms with E-state index < -0.39 is 11.8 Å².